The largest absolute Gasteiger partial charge is 0.503 e. The first kappa shape index (κ1) is 14.8. The molecule has 6 nitrogen and oxygen atoms in total. The number of aromatic hydroxyl groups is 1. The number of hydrogen-bond acceptors (Lipinski definition) is 6. The van der Waals surface area contributed by atoms with Gasteiger partial charge in [-0.2, -0.15) is 4.98 Å². The first-order chi connectivity index (χ1) is 9.60. The van der Waals surface area contributed by atoms with E-state index >= 15 is 0 Å². The minimum atomic E-state index is 0.109. The van der Waals surface area contributed by atoms with E-state index in [9.17, 15) is 5.11 Å². The van der Waals surface area contributed by atoms with E-state index in [0.29, 0.717) is 34.9 Å². The van der Waals surface area contributed by atoms with Gasteiger partial charge in [-0.05, 0) is 40.5 Å². The Hall–Kier alpha value is -1.60. The number of aryl methyl sites for hydroxylation is 1. The lowest BCUT2D eigenvalue weighted by Crippen LogP contribution is -2.16. The molecule has 0 amide bonds. The zero-order valence-corrected chi connectivity index (χ0v) is 12.9. The maximum Gasteiger partial charge on any atom is 0.227 e. The third kappa shape index (κ3) is 3.71. The molecule has 0 radical (unpaired) electrons. The van der Waals surface area contributed by atoms with Crippen LogP contribution in [0.5, 0.6) is 11.5 Å². The number of nitrogens with one attached hydrogen (secondary N) is 1. The van der Waals surface area contributed by atoms with E-state index in [2.05, 4.69) is 31.4 Å². The molecule has 2 aromatic rings. The molecule has 0 fully saturated rings. The molecule has 108 valence electrons. The van der Waals surface area contributed by atoms with Gasteiger partial charge in [0.25, 0.3) is 0 Å². The van der Waals surface area contributed by atoms with Gasteiger partial charge < -0.3 is 19.7 Å². The highest BCUT2D eigenvalue weighted by Crippen LogP contribution is 2.35. The molecule has 0 bridgehead atoms. The van der Waals surface area contributed by atoms with Crippen LogP contribution in [0.15, 0.2) is 21.1 Å². The van der Waals surface area contributed by atoms with E-state index in [0.717, 1.165) is 12.1 Å². The molecule has 0 saturated heterocycles. The van der Waals surface area contributed by atoms with Crippen molar-refractivity contribution in [2.45, 2.75) is 19.9 Å². The monoisotopic (exact) mass is 341 g/mol. The molecule has 0 aliphatic heterocycles. The Labute approximate surface area is 125 Å². The van der Waals surface area contributed by atoms with Crippen LogP contribution in [0.2, 0.25) is 0 Å². The van der Waals surface area contributed by atoms with Crippen molar-refractivity contribution in [1.82, 2.24) is 15.5 Å². The standard InChI is InChI=1S/C13H16BrN3O3/c1-8-16-12(20-17-8)3-4-15-7-9-5-10(14)13(18)11(6-9)19-2/h5-6,15,18H,3-4,7H2,1-2H3. The van der Waals surface area contributed by atoms with Crippen LogP contribution < -0.4 is 10.1 Å². The molecule has 7 heteroatoms. The maximum atomic E-state index is 9.72. The van der Waals surface area contributed by atoms with Gasteiger partial charge in [-0.1, -0.05) is 5.16 Å². The van der Waals surface area contributed by atoms with E-state index in [1.54, 1.807) is 13.0 Å². The zero-order chi connectivity index (χ0) is 14.5. The van der Waals surface area contributed by atoms with Gasteiger partial charge >= 0.3 is 0 Å². The number of nitrogens with zero attached hydrogens (tertiary/aromatic N) is 2. The third-order valence-corrected chi connectivity index (χ3v) is 3.33. The summed E-state index contributed by atoms with van der Waals surface area (Å²) < 4.78 is 10.7. The third-order valence-electron chi connectivity index (χ3n) is 2.72. The number of benzene rings is 1. The number of ether oxygens (including phenoxy) is 1. The highest BCUT2D eigenvalue weighted by atomic mass is 79.9. The van der Waals surface area contributed by atoms with Crippen molar-refractivity contribution >= 4 is 15.9 Å². The number of hydrogen-bond donors (Lipinski definition) is 2. The first-order valence-electron chi connectivity index (χ1n) is 6.15. The summed E-state index contributed by atoms with van der Waals surface area (Å²) in [5.74, 6) is 1.83. The minimum absolute atomic E-state index is 0.109. The fraction of sp³-hybridized carbons (Fsp3) is 0.385. The van der Waals surface area contributed by atoms with E-state index in [1.165, 1.54) is 7.11 Å². The Kier molecular flexibility index (Phi) is 4.97. The molecule has 0 unspecified atom stereocenters. The summed E-state index contributed by atoms with van der Waals surface area (Å²) in [4.78, 5) is 4.13. The molecule has 1 heterocycles. The molecular formula is C13H16BrN3O3. The molecule has 1 aromatic carbocycles. The SMILES string of the molecule is COc1cc(CNCCc2nc(C)no2)cc(Br)c1O. The molecule has 0 atom stereocenters. The Morgan fingerprint density at radius 3 is 2.90 bits per heavy atom. The Bertz CT molecular complexity index is 586. The Morgan fingerprint density at radius 1 is 1.45 bits per heavy atom. The van der Waals surface area contributed by atoms with Gasteiger partial charge in [0.1, 0.15) is 0 Å². The molecule has 0 saturated carbocycles. The van der Waals surface area contributed by atoms with Crippen molar-refractivity contribution in [3.8, 4) is 11.5 Å². The van der Waals surface area contributed by atoms with Crippen molar-refractivity contribution in [3.05, 3.63) is 33.9 Å². The number of methoxy groups -OCH3 is 1. The maximum absolute atomic E-state index is 9.72. The van der Waals surface area contributed by atoms with Crippen LogP contribution in [0.3, 0.4) is 0 Å². The Morgan fingerprint density at radius 2 is 2.25 bits per heavy atom. The lowest BCUT2D eigenvalue weighted by Gasteiger charge is -2.09. The summed E-state index contributed by atoms with van der Waals surface area (Å²) >= 11 is 3.30. The Balaban J connectivity index is 1.86. The van der Waals surface area contributed by atoms with Gasteiger partial charge in [0.15, 0.2) is 17.3 Å². The van der Waals surface area contributed by atoms with Gasteiger partial charge in [-0.25, -0.2) is 0 Å². The molecule has 2 rings (SSSR count). The van der Waals surface area contributed by atoms with Gasteiger partial charge in [-0.3, -0.25) is 0 Å². The van der Waals surface area contributed by atoms with E-state index in [1.807, 2.05) is 6.07 Å². The summed E-state index contributed by atoms with van der Waals surface area (Å²) in [7, 11) is 1.52. The number of rotatable bonds is 6. The average molecular weight is 342 g/mol. The fourth-order valence-electron chi connectivity index (χ4n) is 1.75. The normalized spacial score (nSPS) is 10.8. The number of aromatic nitrogens is 2. The number of halogens is 1. The van der Waals surface area contributed by atoms with Crippen molar-refractivity contribution in [2.75, 3.05) is 13.7 Å². The van der Waals surface area contributed by atoms with Crippen LogP contribution in [0.4, 0.5) is 0 Å². The van der Waals surface area contributed by atoms with E-state index in [-0.39, 0.29) is 5.75 Å². The van der Waals surface area contributed by atoms with E-state index < -0.39 is 0 Å². The van der Waals surface area contributed by atoms with Crippen LogP contribution >= 0.6 is 15.9 Å². The highest BCUT2D eigenvalue weighted by Gasteiger charge is 2.08. The highest BCUT2D eigenvalue weighted by molar-refractivity contribution is 9.10. The second-order valence-electron chi connectivity index (χ2n) is 4.29. The van der Waals surface area contributed by atoms with Crippen LogP contribution in [-0.2, 0) is 13.0 Å². The second kappa shape index (κ2) is 6.71. The summed E-state index contributed by atoms with van der Waals surface area (Å²) in [6, 6.07) is 3.64. The van der Waals surface area contributed by atoms with Gasteiger partial charge in [0.05, 0.1) is 11.6 Å². The molecular weight excluding hydrogens is 326 g/mol. The zero-order valence-electron chi connectivity index (χ0n) is 11.3. The predicted molar refractivity (Wildman–Crippen MR) is 76.8 cm³/mol. The molecule has 2 N–H and O–H groups in total. The summed E-state index contributed by atoms with van der Waals surface area (Å²) in [5.41, 5.74) is 1.01. The number of phenols is 1. The second-order valence-corrected chi connectivity index (χ2v) is 5.14. The van der Waals surface area contributed by atoms with Crippen LogP contribution in [0.25, 0.3) is 0 Å². The lowest BCUT2D eigenvalue weighted by atomic mass is 10.2. The fourth-order valence-corrected chi connectivity index (χ4v) is 2.24. The first-order valence-corrected chi connectivity index (χ1v) is 6.94. The smallest absolute Gasteiger partial charge is 0.227 e. The van der Waals surface area contributed by atoms with Crippen molar-refractivity contribution < 1.29 is 14.4 Å². The molecule has 20 heavy (non-hydrogen) atoms. The average Bonchev–Trinajstić information content (AvgIpc) is 2.84. The van der Waals surface area contributed by atoms with Crippen molar-refractivity contribution in [3.63, 3.8) is 0 Å². The van der Waals surface area contributed by atoms with Crippen LogP contribution in [0.1, 0.15) is 17.3 Å². The van der Waals surface area contributed by atoms with Gasteiger partial charge in [-0.15, -0.1) is 0 Å². The topological polar surface area (TPSA) is 80.4 Å². The van der Waals surface area contributed by atoms with Crippen LogP contribution in [-0.4, -0.2) is 28.9 Å². The summed E-state index contributed by atoms with van der Waals surface area (Å²) in [5, 5.41) is 16.7. The molecule has 0 spiro atoms. The molecule has 0 aliphatic carbocycles. The summed E-state index contributed by atoms with van der Waals surface area (Å²) in [6.45, 7) is 3.17. The quantitative estimate of drug-likeness (QED) is 0.784. The van der Waals surface area contributed by atoms with Gasteiger partial charge in [0, 0.05) is 19.5 Å². The van der Waals surface area contributed by atoms with Crippen molar-refractivity contribution in [1.29, 1.82) is 0 Å². The summed E-state index contributed by atoms with van der Waals surface area (Å²) in [6.07, 6.45) is 0.678. The lowest BCUT2D eigenvalue weighted by molar-refractivity contribution is 0.370. The predicted octanol–water partition coefficient (Wildman–Crippen LogP) is 2.19. The van der Waals surface area contributed by atoms with Crippen LogP contribution in [0, 0.1) is 6.92 Å². The minimum Gasteiger partial charge on any atom is -0.503 e. The molecule has 0 aliphatic rings. The van der Waals surface area contributed by atoms with E-state index in [4.69, 9.17) is 9.26 Å². The molecule has 1 aromatic heterocycles. The van der Waals surface area contributed by atoms with Crippen molar-refractivity contribution in [2.24, 2.45) is 0 Å². The number of phenolic OH excluding ortho intramolecular Hbond substituents is 1. The van der Waals surface area contributed by atoms with Gasteiger partial charge in [0.2, 0.25) is 5.89 Å².